The van der Waals surface area contributed by atoms with Crippen molar-refractivity contribution in [2.24, 2.45) is 0 Å². The first-order chi connectivity index (χ1) is 11.1. The van der Waals surface area contributed by atoms with E-state index in [0.29, 0.717) is 21.7 Å². The quantitative estimate of drug-likeness (QED) is 0.629. The molecule has 3 rings (SSSR count). The highest BCUT2D eigenvalue weighted by molar-refractivity contribution is 6.30. The second-order valence-electron chi connectivity index (χ2n) is 4.76. The van der Waals surface area contributed by atoms with E-state index < -0.39 is 0 Å². The van der Waals surface area contributed by atoms with E-state index in [2.05, 4.69) is 20.6 Å². The molecule has 1 aromatic heterocycles. The molecule has 4 N–H and O–H groups in total. The Kier molecular flexibility index (Phi) is 4.50. The third kappa shape index (κ3) is 4.25. The lowest BCUT2D eigenvalue weighted by atomic mass is 10.3. The minimum absolute atomic E-state index is 0.167. The third-order valence-corrected chi connectivity index (χ3v) is 3.48. The Balaban J connectivity index is 1.81. The van der Waals surface area contributed by atoms with Gasteiger partial charge in [0.05, 0.1) is 0 Å². The van der Waals surface area contributed by atoms with Crippen LogP contribution in [0.3, 0.4) is 0 Å². The highest BCUT2D eigenvalue weighted by atomic mass is 35.5. The molecule has 0 fully saturated rings. The Hall–Kier alpha value is -2.50. The molecule has 7 heteroatoms. The fourth-order valence-corrected chi connectivity index (χ4v) is 2.21. The number of halogens is 2. The predicted molar refractivity (Wildman–Crippen MR) is 95.9 cm³/mol. The number of nitrogen functional groups attached to an aromatic ring is 1. The topological polar surface area (TPSA) is 75.9 Å². The van der Waals surface area contributed by atoms with E-state index in [0.717, 1.165) is 11.4 Å². The van der Waals surface area contributed by atoms with Gasteiger partial charge in [0.15, 0.2) is 0 Å². The summed E-state index contributed by atoms with van der Waals surface area (Å²) in [6.45, 7) is 0. The molecule has 0 atom stereocenters. The van der Waals surface area contributed by atoms with Crippen LogP contribution in [0.15, 0.2) is 54.6 Å². The molecule has 1 heterocycles. The Labute approximate surface area is 143 Å². The minimum atomic E-state index is 0.167. The van der Waals surface area contributed by atoms with Gasteiger partial charge in [0.25, 0.3) is 0 Å². The van der Waals surface area contributed by atoms with Crippen molar-refractivity contribution in [2.75, 3.05) is 16.4 Å². The number of nitrogens with zero attached hydrogens (tertiary/aromatic N) is 2. The SMILES string of the molecule is Nc1nc(Nc2ccc(Cl)cc2)cc(Nc2ccc(Cl)cc2)n1. The van der Waals surface area contributed by atoms with Gasteiger partial charge in [0, 0.05) is 27.5 Å². The van der Waals surface area contributed by atoms with Crippen LogP contribution >= 0.6 is 23.2 Å². The largest absolute Gasteiger partial charge is 0.368 e. The summed E-state index contributed by atoms with van der Waals surface area (Å²) < 4.78 is 0. The summed E-state index contributed by atoms with van der Waals surface area (Å²) in [4.78, 5) is 8.34. The molecular formula is C16H13Cl2N5. The molecule has 0 aliphatic carbocycles. The molecule has 0 unspecified atom stereocenters. The number of hydrogen-bond acceptors (Lipinski definition) is 5. The number of anilines is 5. The van der Waals surface area contributed by atoms with Crippen LogP contribution < -0.4 is 16.4 Å². The molecule has 0 saturated heterocycles. The maximum absolute atomic E-state index is 5.87. The minimum Gasteiger partial charge on any atom is -0.368 e. The number of nitrogens with one attached hydrogen (secondary N) is 2. The third-order valence-electron chi connectivity index (χ3n) is 2.98. The molecule has 23 heavy (non-hydrogen) atoms. The fraction of sp³-hybridized carbons (Fsp3) is 0. The molecule has 0 aliphatic rings. The molecule has 2 aromatic carbocycles. The smallest absolute Gasteiger partial charge is 0.223 e. The molecule has 0 saturated carbocycles. The van der Waals surface area contributed by atoms with Crippen molar-refractivity contribution in [3.63, 3.8) is 0 Å². The summed E-state index contributed by atoms with van der Waals surface area (Å²) >= 11 is 11.7. The summed E-state index contributed by atoms with van der Waals surface area (Å²) in [5, 5.41) is 7.65. The van der Waals surface area contributed by atoms with Crippen LogP contribution in [0.1, 0.15) is 0 Å². The molecule has 0 aliphatic heterocycles. The molecular weight excluding hydrogens is 333 g/mol. The lowest BCUT2D eigenvalue weighted by molar-refractivity contribution is 1.18. The molecule has 0 bridgehead atoms. The second kappa shape index (κ2) is 6.73. The zero-order valence-corrected chi connectivity index (χ0v) is 13.4. The van der Waals surface area contributed by atoms with Crippen LogP contribution in [0.4, 0.5) is 29.0 Å². The van der Waals surface area contributed by atoms with E-state index in [1.165, 1.54) is 0 Å². The lowest BCUT2D eigenvalue weighted by Gasteiger charge is -2.10. The molecule has 0 amide bonds. The predicted octanol–water partition coefficient (Wildman–Crippen LogP) is 4.85. The molecule has 0 radical (unpaired) electrons. The van der Waals surface area contributed by atoms with Crippen molar-refractivity contribution in [3.8, 4) is 0 Å². The first-order valence-electron chi connectivity index (χ1n) is 6.78. The van der Waals surface area contributed by atoms with Gasteiger partial charge >= 0.3 is 0 Å². The van der Waals surface area contributed by atoms with E-state index >= 15 is 0 Å². The van der Waals surface area contributed by atoms with Crippen LogP contribution in [-0.4, -0.2) is 9.97 Å². The van der Waals surface area contributed by atoms with E-state index in [9.17, 15) is 0 Å². The van der Waals surface area contributed by atoms with Crippen LogP contribution in [0, 0.1) is 0 Å². The normalized spacial score (nSPS) is 10.3. The van der Waals surface area contributed by atoms with Gasteiger partial charge in [-0.1, -0.05) is 23.2 Å². The lowest BCUT2D eigenvalue weighted by Crippen LogP contribution is -2.03. The summed E-state index contributed by atoms with van der Waals surface area (Å²) in [5.74, 6) is 1.33. The van der Waals surface area contributed by atoms with Gasteiger partial charge in [-0.15, -0.1) is 0 Å². The number of nitrogens with two attached hydrogens (primary N) is 1. The molecule has 0 spiro atoms. The average Bonchev–Trinajstić information content (AvgIpc) is 2.51. The highest BCUT2D eigenvalue weighted by Gasteiger charge is 2.04. The number of hydrogen-bond donors (Lipinski definition) is 3. The first kappa shape index (κ1) is 15.4. The van der Waals surface area contributed by atoms with Gasteiger partial charge in [0.2, 0.25) is 5.95 Å². The highest BCUT2D eigenvalue weighted by Crippen LogP contribution is 2.23. The van der Waals surface area contributed by atoms with Gasteiger partial charge < -0.3 is 16.4 Å². The maximum atomic E-state index is 5.87. The molecule has 116 valence electrons. The van der Waals surface area contributed by atoms with Gasteiger partial charge in [-0.25, -0.2) is 0 Å². The van der Waals surface area contributed by atoms with Gasteiger partial charge in [-0.05, 0) is 48.5 Å². The van der Waals surface area contributed by atoms with E-state index in [4.69, 9.17) is 28.9 Å². The standard InChI is InChI=1S/C16H13Cl2N5/c17-10-1-5-12(6-2-10)20-14-9-15(23-16(19)22-14)21-13-7-3-11(18)4-8-13/h1-9H,(H4,19,20,21,22,23). The van der Waals surface area contributed by atoms with Gasteiger partial charge in [-0.3, -0.25) is 0 Å². The second-order valence-corrected chi connectivity index (χ2v) is 5.63. The van der Waals surface area contributed by atoms with Gasteiger partial charge in [-0.2, -0.15) is 9.97 Å². The van der Waals surface area contributed by atoms with E-state index in [1.807, 2.05) is 24.3 Å². The number of aromatic nitrogens is 2. The number of rotatable bonds is 4. The van der Waals surface area contributed by atoms with Crippen LogP contribution in [0.2, 0.25) is 10.0 Å². The van der Waals surface area contributed by atoms with Crippen molar-refractivity contribution >= 4 is 52.2 Å². The summed E-state index contributed by atoms with van der Waals surface area (Å²) in [7, 11) is 0. The summed E-state index contributed by atoms with van der Waals surface area (Å²) in [6, 6.07) is 16.4. The van der Waals surface area contributed by atoms with Crippen molar-refractivity contribution in [1.82, 2.24) is 9.97 Å². The van der Waals surface area contributed by atoms with Crippen molar-refractivity contribution in [2.45, 2.75) is 0 Å². The monoisotopic (exact) mass is 345 g/mol. The molecule has 3 aromatic rings. The van der Waals surface area contributed by atoms with Crippen molar-refractivity contribution < 1.29 is 0 Å². The first-order valence-corrected chi connectivity index (χ1v) is 7.54. The van der Waals surface area contributed by atoms with E-state index in [1.54, 1.807) is 30.3 Å². The van der Waals surface area contributed by atoms with Crippen molar-refractivity contribution in [1.29, 1.82) is 0 Å². The Morgan fingerprint density at radius 3 is 1.48 bits per heavy atom. The van der Waals surface area contributed by atoms with Gasteiger partial charge in [0.1, 0.15) is 11.6 Å². The maximum Gasteiger partial charge on any atom is 0.223 e. The Morgan fingerprint density at radius 1 is 0.696 bits per heavy atom. The molecule has 5 nitrogen and oxygen atoms in total. The fourth-order valence-electron chi connectivity index (χ4n) is 1.96. The van der Waals surface area contributed by atoms with Crippen LogP contribution in [-0.2, 0) is 0 Å². The summed E-state index contributed by atoms with van der Waals surface area (Å²) in [5.41, 5.74) is 7.47. The zero-order chi connectivity index (χ0) is 16.2. The van der Waals surface area contributed by atoms with Crippen LogP contribution in [0.25, 0.3) is 0 Å². The van der Waals surface area contributed by atoms with E-state index in [-0.39, 0.29) is 5.95 Å². The summed E-state index contributed by atoms with van der Waals surface area (Å²) in [6.07, 6.45) is 0. The zero-order valence-electron chi connectivity index (χ0n) is 11.9. The van der Waals surface area contributed by atoms with Crippen molar-refractivity contribution in [3.05, 3.63) is 64.6 Å². The van der Waals surface area contributed by atoms with Crippen LogP contribution in [0.5, 0.6) is 0 Å². The average molecular weight is 346 g/mol. The Morgan fingerprint density at radius 2 is 1.09 bits per heavy atom. The Bertz CT molecular complexity index is 738. The number of benzene rings is 2.